The van der Waals surface area contributed by atoms with Crippen LogP contribution in [-0.4, -0.2) is 19.0 Å². The lowest BCUT2D eigenvalue weighted by atomic mass is 9.92. The van der Waals surface area contributed by atoms with E-state index in [1.807, 2.05) is 6.08 Å². The molecule has 0 aromatic carbocycles. The Morgan fingerprint density at radius 3 is 2.40 bits per heavy atom. The van der Waals surface area contributed by atoms with E-state index in [4.69, 9.17) is 9.47 Å². The highest BCUT2D eigenvalue weighted by Gasteiger charge is 2.36. The summed E-state index contributed by atoms with van der Waals surface area (Å²) in [5, 5.41) is 0. The Labute approximate surface area is 93.7 Å². The second kappa shape index (κ2) is 5.66. The topological polar surface area (TPSA) is 18.5 Å². The molecule has 1 atom stereocenters. The molecule has 1 saturated heterocycles. The van der Waals surface area contributed by atoms with Gasteiger partial charge in [0, 0.05) is 12.3 Å². The van der Waals surface area contributed by atoms with Gasteiger partial charge in [-0.15, -0.1) is 6.58 Å². The first-order valence-corrected chi connectivity index (χ1v) is 6.06. The van der Waals surface area contributed by atoms with Gasteiger partial charge in [-0.1, -0.05) is 33.3 Å². The molecule has 0 radical (unpaired) electrons. The fraction of sp³-hybridized carbons (Fsp3) is 0.846. The molecule has 1 heterocycles. The molecule has 0 N–H and O–H groups in total. The average Bonchev–Trinajstić information content (AvgIpc) is 2.29. The average molecular weight is 212 g/mol. The van der Waals surface area contributed by atoms with Gasteiger partial charge in [0.2, 0.25) is 0 Å². The van der Waals surface area contributed by atoms with Crippen molar-refractivity contribution in [1.29, 1.82) is 0 Å². The van der Waals surface area contributed by atoms with E-state index in [-0.39, 0.29) is 5.79 Å². The molecular formula is C13H24O2. The maximum absolute atomic E-state index is 5.90. The van der Waals surface area contributed by atoms with Crippen LogP contribution in [0.5, 0.6) is 0 Å². The molecule has 0 aliphatic carbocycles. The molecule has 0 spiro atoms. The summed E-state index contributed by atoms with van der Waals surface area (Å²) >= 11 is 0. The quantitative estimate of drug-likeness (QED) is 0.650. The van der Waals surface area contributed by atoms with Crippen molar-refractivity contribution in [2.45, 2.75) is 45.8 Å². The Hall–Kier alpha value is -0.340. The van der Waals surface area contributed by atoms with Crippen LogP contribution in [0.2, 0.25) is 0 Å². The van der Waals surface area contributed by atoms with E-state index in [1.54, 1.807) is 0 Å². The minimum absolute atomic E-state index is 0.383. The fourth-order valence-electron chi connectivity index (χ4n) is 1.96. The SMILES string of the molecule is C=CCC1(CC)OCC(C(C)CC)CO1. The van der Waals surface area contributed by atoms with Gasteiger partial charge in [-0.3, -0.25) is 0 Å². The summed E-state index contributed by atoms with van der Waals surface area (Å²) in [6, 6.07) is 0. The molecule has 0 bridgehead atoms. The smallest absolute Gasteiger partial charge is 0.171 e. The summed E-state index contributed by atoms with van der Waals surface area (Å²) in [5.41, 5.74) is 0. The highest BCUT2D eigenvalue weighted by molar-refractivity contribution is 4.83. The number of ether oxygens (including phenoxy) is 2. The van der Waals surface area contributed by atoms with Crippen LogP contribution >= 0.6 is 0 Å². The van der Waals surface area contributed by atoms with Crippen LogP contribution in [-0.2, 0) is 9.47 Å². The molecule has 2 nitrogen and oxygen atoms in total. The molecule has 15 heavy (non-hydrogen) atoms. The van der Waals surface area contributed by atoms with Crippen molar-refractivity contribution in [3.8, 4) is 0 Å². The molecule has 1 aliphatic rings. The summed E-state index contributed by atoms with van der Waals surface area (Å²) in [6.07, 6.45) is 4.76. The van der Waals surface area contributed by atoms with E-state index in [1.165, 1.54) is 6.42 Å². The third-order valence-corrected chi connectivity index (χ3v) is 3.56. The zero-order valence-electron chi connectivity index (χ0n) is 10.3. The van der Waals surface area contributed by atoms with Crippen molar-refractivity contribution in [1.82, 2.24) is 0 Å². The summed E-state index contributed by atoms with van der Waals surface area (Å²) in [6.45, 7) is 12.0. The summed E-state index contributed by atoms with van der Waals surface area (Å²) in [7, 11) is 0. The van der Waals surface area contributed by atoms with E-state index in [0.29, 0.717) is 11.8 Å². The number of hydrogen-bond acceptors (Lipinski definition) is 2. The van der Waals surface area contributed by atoms with Crippen LogP contribution in [0.15, 0.2) is 12.7 Å². The summed E-state index contributed by atoms with van der Waals surface area (Å²) in [4.78, 5) is 0. The maximum atomic E-state index is 5.90. The fourth-order valence-corrected chi connectivity index (χ4v) is 1.96. The Bertz CT molecular complexity index is 193. The lowest BCUT2D eigenvalue weighted by molar-refractivity contribution is -0.287. The van der Waals surface area contributed by atoms with Gasteiger partial charge in [0.05, 0.1) is 13.2 Å². The molecule has 0 aromatic heterocycles. The number of rotatable bonds is 5. The molecule has 1 aliphatic heterocycles. The molecule has 2 heteroatoms. The van der Waals surface area contributed by atoms with Crippen LogP contribution in [0.4, 0.5) is 0 Å². The normalized spacial score (nSPS) is 33.7. The lowest BCUT2D eigenvalue weighted by Gasteiger charge is -2.40. The monoisotopic (exact) mass is 212 g/mol. The summed E-state index contributed by atoms with van der Waals surface area (Å²) in [5.74, 6) is 0.856. The van der Waals surface area contributed by atoms with Gasteiger partial charge in [-0.05, 0) is 12.3 Å². The van der Waals surface area contributed by atoms with Crippen LogP contribution in [0.25, 0.3) is 0 Å². The third-order valence-electron chi connectivity index (χ3n) is 3.56. The molecule has 88 valence electrons. The van der Waals surface area contributed by atoms with Crippen molar-refractivity contribution in [3.05, 3.63) is 12.7 Å². The Morgan fingerprint density at radius 2 is 2.00 bits per heavy atom. The first kappa shape index (κ1) is 12.7. The van der Waals surface area contributed by atoms with Crippen molar-refractivity contribution >= 4 is 0 Å². The van der Waals surface area contributed by atoms with Gasteiger partial charge in [-0.25, -0.2) is 0 Å². The molecular weight excluding hydrogens is 188 g/mol. The van der Waals surface area contributed by atoms with Crippen LogP contribution in [0.1, 0.15) is 40.0 Å². The van der Waals surface area contributed by atoms with Gasteiger partial charge in [0.1, 0.15) is 0 Å². The zero-order chi connectivity index (χ0) is 11.3. The molecule has 0 aromatic rings. The molecule has 1 unspecified atom stereocenters. The minimum atomic E-state index is -0.383. The van der Waals surface area contributed by atoms with Crippen molar-refractivity contribution < 1.29 is 9.47 Å². The Morgan fingerprint density at radius 1 is 1.40 bits per heavy atom. The van der Waals surface area contributed by atoms with E-state index < -0.39 is 0 Å². The van der Waals surface area contributed by atoms with Gasteiger partial charge < -0.3 is 9.47 Å². The highest BCUT2D eigenvalue weighted by atomic mass is 16.7. The molecule has 1 rings (SSSR count). The number of hydrogen-bond donors (Lipinski definition) is 0. The van der Waals surface area contributed by atoms with E-state index in [9.17, 15) is 0 Å². The lowest BCUT2D eigenvalue weighted by Crippen LogP contribution is -2.45. The highest BCUT2D eigenvalue weighted by Crippen LogP contribution is 2.31. The van der Waals surface area contributed by atoms with Gasteiger partial charge in [-0.2, -0.15) is 0 Å². The predicted molar refractivity (Wildman–Crippen MR) is 62.7 cm³/mol. The molecule has 0 amide bonds. The van der Waals surface area contributed by atoms with Crippen LogP contribution < -0.4 is 0 Å². The maximum Gasteiger partial charge on any atom is 0.171 e. The minimum Gasteiger partial charge on any atom is -0.349 e. The first-order chi connectivity index (χ1) is 7.17. The van der Waals surface area contributed by atoms with Gasteiger partial charge >= 0.3 is 0 Å². The Balaban J connectivity index is 2.49. The zero-order valence-corrected chi connectivity index (χ0v) is 10.3. The predicted octanol–water partition coefficient (Wildman–Crippen LogP) is 3.38. The van der Waals surface area contributed by atoms with E-state index in [2.05, 4.69) is 27.4 Å². The van der Waals surface area contributed by atoms with Crippen molar-refractivity contribution in [2.75, 3.05) is 13.2 Å². The van der Waals surface area contributed by atoms with Crippen molar-refractivity contribution in [2.24, 2.45) is 11.8 Å². The second-order valence-corrected chi connectivity index (χ2v) is 4.52. The molecule has 1 fully saturated rings. The van der Waals surface area contributed by atoms with E-state index >= 15 is 0 Å². The second-order valence-electron chi connectivity index (χ2n) is 4.52. The Kier molecular flexibility index (Phi) is 4.81. The summed E-state index contributed by atoms with van der Waals surface area (Å²) < 4.78 is 11.8. The van der Waals surface area contributed by atoms with Crippen molar-refractivity contribution in [3.63, 3.8) is 0 Å². The van der Waals surface area contributed by atoms with E-state index in [0.717, 1.165) is 26.1 Å². The van der Waals surface area contributed by atoms with Crippen LogP contribution in [0.3, 0.4) is 0 Å². The van der Waals surface area contributed by atoms with Gasteiger partial charge in [0.25, 0.3) is 0 Å². The largest absolute Gasteiger partial charge is 0.349 e. The first-order valence-electron chi connectivity index (χ1n) is 6.06. The third kappa shape index (κ3) is 3.05. The van der Waals surface area contributed by atoms with Crippen LogP contribution in [0, 0.1) is 11.8 Å². The standard InChI is InChI=1S/C13H24O2/c1-5-8-13(7-3)14-9-12(10-15-13)11(4)6-2/h5,11-12H,1,6-10H2,2-4H3. The van der Waals surface area contributed by atoms with Gasteiger partial charge in [0.15, 0.2) is 5.79 Å². The molecule has 0 saturated carbocycles.